The van der Waals surface area contributed by atoms with Crippen LogP contribution in [0.4, 0.5) is 0 Å². The summed E-state index contributed by atoms with van der Waals surface area (Å²) in [7, 11) is 0. The van der Waals surface area contributed by atoms with E-state index in [2.05, 4.69) is 34.7 Å². The van der Waals surface area contributed by atoms with Crippen LogP contribution in [0.25, 0.3) is 11.0 Å². The highest BCUT2D eigenvalue weighted by Crippen LogP contribution is 2.22. The Bertz CT molecular complexity index is 593. The minimum absolute atomic E-state index is 0.598. The van der Waals surface area contributed by atoms with Crippen LogP contribution in [0.5, 0.6) is 0 Å². The molecular weight excluding hydrogens is 232 g/mol. The Kier molecular flexibility index (Phi) is 2.76. The van der Waals surface area contributed by atoms with Crippen molar-refractivity contribution in [1.82, 2.24) is 9.55 Å². The Morgan fingerprint density at radius 3 is 3.18 bits per heavy atom. The maximum Gasteiger partial charge on any atom is 0.178 e. The molecule has 1 N–H and O–H groups in total. The molecule has 90 valence electrons. The van der Waals surface area contributed by atoms with Gasteiger partial charge in [-0.1, -0.05) is 12.1 Å². The van der Waals surface area contributed by atoms with Gasteiger partial charge in [0.05, 0.1) is 17.6 Å². The molecule has 1 fully saturated rings. The Morgan fingerprint density at radius 1 is 1.53 bits per heavy atom. The van der Waals surface area contributed by atoms with Crippen molar-refractivity contribution in [1.29, 1.82) is 0 Å². The lowest BCUT2D eigenvalue weighted by molar-refractivity contribution is 0.182. The van der Waals surface area contributed by atoms with Gasteiger partial charge in [0.25, 0.3) is 0 Å². The zero-order valence-electron chi connectivity index (χ0n) is 9.90. The van der Waals surface area contributed by atoms with E-state index in [1.165, 1.54) is 11.1 Å². The molecule has 1 aliphatic rings. The molecule has 0 radical (unpaired) electrons. The first-order chi connectivity index (χ1) is 8.25. The highest BCUT2D eigenvalue weighted by molar-refractivity contribution is 7.71. The van der Waals surface area contributed by atoms with Crippen molar-refractivity contribution in [2.24, 2.45) is 5.92 Å². The van der Waals surface area contributed by atoms with Crippen molar-refractivity contribution in [3.8, 4) is 0 Å². The number of ether oxygens (including phenoxy) is 1. The van der Waals surface area contributed by atoms with E-state index in [0.717, 1.165) is 36.5 Å². The molecule has 0 spiro atoms. The van der Waals surface area contributed by atoms with Crippen LogP contribution >= 0.6 is 12.2 Å². The van der Waals surface area contributed by atoms with Crippen molar-refractivity contribution in [3.05, 3.63) is 28.5 Å². The molecule has 1 atom stereocenters. The minimum atomic E-state index is 0.598. The van der Waals surface area contributed by atoms with Crippen molar-refractivity contribution in [2.75, 3.05) is 13.2 Å². The molecule has 1 aliphatic heterocycles. The molecule has 0 saturated carbocycles. The summed E-state index contributed by atoms with van der Waals surface area (Å²) in [5, 5.41) is 0. The molecule has 2 heterocycles. The lowest BCUT2D eigenvalue weighted by Crippen LogP contribution is -2.11. The number of nitrogens with zero attached hydrogens (tertiary/aromatic N) is 1. The third kappa shape index (κ3) is 1.91. The fourth-order valence-electron chi connectivity index (χ4n) is 2.56. The fraction of sp³-hybridized carbons (Fsp3) is 0.462. The summed E-state index contributed by atoms with van der Waals surface area (Å²) >= 11 is 5.41. The van der Waals surface area contributed by atoms with Crippen LogP contribution in [0.15, 0.2) is 18.2 Å². The lowest BCUT2D eigenvalue weighted by atomic mass is 10.1. The van der Waals surface area contributed by atoms with Crippen LogP contribution in [-0.4, -0.2) is 22.8 Å². The smallest absolute Gasteiger partial charge is 0.178 e. The zero-order chi connectivity index (χ0) is 11.8. The van der Waals surface area contributed by atoms with Gasteiger partial charge in [0.15, 0.2) is 4.77 Å². The topological polar surface area (TPSA) is 29.9 Å². The van der Waals surface area contributed by atoms with Gasteiger partial charge in [-0.25, -0.2) is 0 Å². The SMILES string of the molecule is Cc1cccc2[nH]c(=S)n(CC3CCOC3)c12. The van der Waals surface area contributed by atoms with Gasteiger partial charge < -0.3 is 14.3 Å². The highest BCUT2D eigenvalue weighted by atomic mass is 32.1. The summed E-state index contributed by atoms with van der Waals surface area (Å²) in [4.78, 5) is 3.28. The maximum atomic E-state index is 5.43. The number of aromatic amines is 1. The molecule has 1 aromatic heterocycles. The average Bonchev–Trinajstić information content (AvgIpc) is 2.89. The molecule has 3 nitrogen and oxygen atoms in total. The number of aryl methyl sites for hydroxylation is 1. The standard InChI is InChI=1S/C13H16N2OS/c1-9-3-2-4-11-12(9)15(13(17)14-11)7-10-5-6-16-8-10/h2-4,10H,5-8H2,1H3,(H,14,17). The van der Waals surface area contributed by atoms with Crippen LogP contribution in [0.1, 0.15) is 12.0 Å². The quantitative estimate of drug-likeness (QED) is 0.828. The normalized spacial score (nSPS) is 20.2. The molecule has 17 heavy (non-hydrogen) atoms. The number of para-hydroxylation sites is 1. The molecule has 0 amide bonds. The van der Waals surface area contributed by atoms with E-state index in [1.807, 2.05) is 0 Å². The van der Waals surface area contributed by atoms with Gasteiger partial charge in [-0.05, 0) is 37.2 Å². The van der Waals surface area contributed by atoms with Crippen LogP contribution in [0.3, 0.4) is 0 Å². The van der Waals surface area contributed by atoms with Gasteiger partial charge in [-0.3, -0.25) is 0 Å². The van der Waals surface area contributed by atoms with Gasteiger partial charge in [0, 0.05) is 19.1 Å². The van der Waals surface area contributed by atoms with Crippen LogP contribution < -0.4 is 0 Å². The second-order valence-corrected chi connectivity index (χ2v) is 5.13. The first-order valence-electron chi connectivity index (χ1n) is 6.01. The predicted molar refractivity (Wildman–Crippen MR) is 70.8 cm³/mol. The van der Waals surface area contributed by atoms with E-state index in [1.54, 1.807) is 0 Å². The fourth-order valence-corrected chi connectivity index (χ4v) is 2.84. The van der Waals surface area contributed by atoms with Gasteiger partial charge in [0.2, 0.25) is 0 Å². The lowest BCUT2D eigenvalue weighted by Gasteiger charge is -2.10. The summed E-state index contributed by atoms with van der Waals surface area (Å²) in [6.07, 6.45) is 1.14. The summed E-state index contributed by atoms with van der Waals surface area (Å²) in [5.74, 6) is 0.598. The second kappa shape index (κ2) is 4.27. The van der Waals surface area contributed by atoms with Crippen molar-refractivity contribution in [3.63, 3.8) is 0 Å². The Balaban J connectivity index is 2.08. The van der Waals surface area contributed by atoms with Crippen LogP contribution in [0, 0.1) is 17.6 Å². The predicted octanol–water partition coefficient (Wildman–Crippen LogP) is 3.04. The van der Waals surface area contributed by atoms with E-state index in [0.29, 0.717) is 5.92 Å². The largest absolute Gasteiger partial charge is 0.381 e. The summed E-state index contributed by atoms with van der Waals surface area (Å²) in [6.45, 7) is 4.84. The first-order valence-corrected chi connectivity index (χ1v) is 6.42. The molecule has 1 saturated heterocycles. The van der Waals surface area contributed by atoms with E-state index >= 15 is 0 Å². The highest BCUT2D eigenvalue weighted by Gasteiger charge is 2.18. The number of imidazole rings is 1. The number of fused-ring (bicyclic) bond motifs is 1. The van der Waals surface area contributed by atoms with E-state index < -0.39 is 0 Å². The van der Waals surface area contributed by atoms with Crippen molar-refractivity contribution in [2.45, 2.75) is 19.9 Å². The Hall–Kier alpha value is -1.13. The Labute approximate surface area is 105 Å². The molecule has 0 bridgehead atoms. The molecule has 1 unspecified atom stereocenters. The summed E-state index contributed by atoms with van der Waals surface area (Å²) in [6, 6.07) is 6.28. The summed E-state index contributed by atoms with van der Waals surface area (Å²) in [5.41, 5.74) is 3.65. The average molecular weight is 248 g/mol. The molecular formula is C13H16N2OS. The van der Waals surface area contributed by atoms with Crippen molar-refractivity contribution >= 4 is 23.3 Å². The van der Waals surface area contributed by atoms with E-state index in [4.69, 9.17) is 17.0 Å². The molecule has 0 aliphatic carbocycles. The zero-order valence-corrected chi connectivity index (χ0v) is 10.7. The van der Waals surface area contributed by atoms with Crippen molar-refractivity contribution < 1.29 is 4.74 Å². The number of nitrogens with one attached hydrogen (secondary N) is 1. The van der Waals surface area contributed by atoms with Gasteiger partial charge in [0.1, 0.15) is 0 Å². The minimum Gasteiger partial charge on any atom is -0.381 e. The third-order valence-corrected chi connectivity index (χ3v) is 3.78. The molecule has 2 aromatic rings. The van der Waals surface area contributed by atoms with Crippen LogP contribution in [-0.2, 0) is 11.3 Å². The summed E-state index contributed by atoms with van der Waals surface area (Å²) < 4.78 is 8.47. The monoisotopic (exact) mass is 248 g/mol. The maximum absolute atomic E-state index is 5.43. The number of rotatable bonds is 2. The first kappa shape index (κ1) is 11.0. The van der Waals surface area contributed by atoms with E-state index in [9.17, 15) is 0 Å². The number of H-pyrrole nitrogens is 1. The second-order valence-electron chi connectivity index (χ2n) is 4.74. The Morgan fingerprint density at radius 2 is 2.41 bits per heavy atom. The third-order valence-electron chi connectivity index (χ3n) is 3.46. The van der Waals surface area contributed by atoms with Gasteiger partial charge >= 0.3 is 0 Å². The van der Waals surface area contributed by atoms with E-state index in [-0.39, 0.29) is 0 Å². The molecule has 3 rings (SSSR count). The molecule has 4 heteroatoms. The number of hydrogen-bond acceptors (Lipinski definition) is 2. The molecule has 1 aromatic carbocycles. The van der Waals surface area contributed by atoms with Crippen LogP contribution in [0.2, 0.25) is 0 Å². The van der Waals surface area contributed by atoms with Gasteiger partial charge in [-0.15, -0.1) is 0 Å². The number of benzene rings is 1. The number of aromatic nitrogens is 2. The number of hydrogen-bond donors (Lipinski definition) is 1. The van der Waals surface area contributed by atoms with Gasteiger partial charge in [-0.2, -0.15) is 0 Å².